The van der Waals surface area contributed by atoms with Gasteiger partial charge in [-0.25, -0.2) is 0 Å². The van der Waals surface area contributed by atoms with Crippen LogP contribution in [-0.4, -0.2) is 10.8 Å². The van der Waals surface area contributed by atoms with Gasteiger partial charge >= 0.3 is 0 Å². The maximum Gasteiger partial charge on any atom is 0.196 e. The summed E-state index contributed by atoms with van der Waals surface area (Å²) in [5, 5.41) is 13.7. The van der Waals surface area contributed by atoms with E-state index in [1.807, 2.05) is 29.8 Å². The molecule has 19 heavy (non-hydrogen) atoms. The highest BCUT2D eigenvalue weighted by Crippen LogP contribution is 2.26. The van der Waals surface area contributed by atoms with Crippen LogP contribution in [0, 0.1) is 18.3 Å². The van der Waals surface area contributed by atoms with Gasteiger partial charge in [-0.2, -0.15) is 16.6 Å². The summed E-state index contributed by atoms with van der Waals surface area (Å²) < 4.78 is 0. The van der Waals surface area contributed by atoms with Crippen LogP contribution >= 0.6 is 11.3 Å². The molecule has 0 aliphatic carbocycles. The monoisotopic (exact) mass is 266 g/mol. The number of carbonyl (C=O) groups is 1. The van der Waals surface area contributed by atoms with Crippen molar-refractivity contribution < 1.29 is 4.79 Å². The first-order valence-corrected chi connectivity index (χ1v) is 6.74. The predicted molar refractivity (Wildman–Crippen MR) is 75.5 cm³/mol. The van der Waals surface area contributed by atoms with Gasteiger partial charge in [0.1, 0.15) is 0 Å². The van der Waals surface area contributed by atoms with E-state index < -0.39 is 0 Å². The fraction of sp³-hybridized carbons (Fsp3) is 0.0667. The van der Waals surface area contributed by atoms with Crippen LogP contribution in [0.5, 0.6) is 0 Å². The number of aromatic nitrogens is 1. The Morgan fingerprint density at radius 2 is 2.16 bits per heavy atom. The molecule has 0 aliphatic heterocycles. The van der Waals surface area contributed by atoms with Gasteiger partial charge in [-0.05, 0) is 30.0 Å². The first-order valence-electron chi connectivity index (χ1n) is 5.80. The maximum atomic E-state index is 12.5. The number of benzene rings is 1. The molecular formula is C15H10N2OS. The van der Waals surface area contributed by atoms with Crippen LogP contribution in [0.2, 0.25) is 0 Å². The lowest BCUT2D eigenvalue weighted by Gasteiger charge is -2.00. The number of hydrogen-bond acceptors (Lipinski definition) is 3. The van der Waals surface area contributed by atoms with Crippen molar-refractivity contribution in [3.8, 4) is 6.07 Å². The maximum absolute atomic E-state index is 12.5. The fourth-order valence-corrected chi connectivity index (χ4v) is 3.02. The Balaban J connectivity index is 2.25. The fourth-order valence-electron chi connectivity index (χ4n) is 2.20. The van der Waals surface area contributed by atoms with Crippen LogP contribution in [0.25, 0.3) is 10.9 Å². The summed E-state index contributed by atoms with van der Waals surface area (Å²) in [6.07, 6.45) is 1.69. The topological polar surface area (TPSA) is 56.6 Å². The van der Waals surface area contributed by atoms with Gasteiger partial charge in [0.15, 0.2) is 5.78 Å². The van der Waals surface area contributed by atoms with E-state index in [4.69, 9.17) is 0 Å². The van der Waals surface area contributed by atoms with Gasteiger partial charge in [0.05, 0.1) is 11.6 Å². The van der Waals surface area contributed by atoms with Crippen LogP contribution in [0.15, 0.2) is 35.2 Å². The van der Waals surface area contributed by atoms with Gasteiger partial charge in [-0.3, -0.25) is 4.79 Å². The lowest BCUT2D eigenvalue weighted by Crippen LogP contribution is -2.01. The molecule has 0 unspecified atom stereocenters. The number of H-pyrrole nitrogens is 1. The number of thiophene rings is 1. The summed E-state index contributed by atoms with van der Waals surface area (Å²) in [5.74, 6) is -0.0345. The average molecular weight is 266 g/mol. The molecule has 0 bridgehead atoms. The van der Waals surface area contributed by atoms with Crippen molar-refractivity contribution in [1.82, 2.24) is 4.98 Å². The smallest absolute Gasteiger partial charge is 0.196 e. The molecule has 0 saturated heterocycles. The summed E-state index contributed by atoms with van der Waals surface area (Å²) in [7, 11) is 0. The Bertz CT molecular complexity index is 820. The SMILES string of the molecule is Cc1cscc1C(=O)c1c[nH]c2cccc(C#N)c12. The molecule has 92 valence electrons. The molecule has 2 heterocycles. The van der Waals surface area contributed by atoms with Crippen molar-refractivity contribution in [3.05, 3.63) is 57.4 Å². The van der Waals surface area contributed by atoms with E-state index in [2.05, 4.69) is 11.1 Å². The molecule has 0 radical (unpaired) electrons. The van der Waals surface area contributed by atoms with E-state index in [1.54, 1.807) is 12.3 Å². The highest BCUT2D eigenvalue weighted by molar-refractivity contribution is 7.08. The first kappa shape index (κ1) is 11.7. The summed E-state index contributed by atoms with van der Waals surface area (Å²) in [6, 6.07) is 7.55. The molecule has 0 spiro atoms. The second-order valence-electron chi connectivity index (χ2n) is 4.34. The van der Waals surface area contributed by atoms with E-state index in [1.165, 1.54) is 11.3 Å². The molecule has 3 aromatic rings. The van der Waals surface area contributed by atoms with Crippen molar-refractivity contribution in [2.45, 2.75) is 6.92 Å². The Labute approximate surface area is 114 Å². The zero-order chi connectivity index (χ0) is 13.4. The second-order valence-corrected chi connectivity index (χ2v) is 5.08. The Morgan fingerprint density at radius 3 is 2.84 bits per heavy atom. The molecule has 3 rings (SSSR count). The Morgan fingerprint density at radius 1 is 1.32 bits per heavy atom. The van der Waals surface area contributed by atoms with Gasteiger partial charge in [0, 0.05) is 33.6 Å². The minimum Gasteiger partial charge on any atom is -0.360 e. The van der Waals surface area contributed by atoms with Crippen molar-refractivity contribution in [3.63, 3.8) is 0 Å². The van der Waals surface area contributed by atoms with E-state index in [0.29, 0.717) is 22.1 Å². The third kappa shape index (κ3) is 1.76. The molecular weight excluding hydrogens is 256 g/mol. The van der Waals surface area contributed by atoms with Gasteiger partial charge in [0.2, 0.25) is 0 Å². The number of hydrogen-bond donors (Lipinski definition) is 1. The normalized spacial score (nSPS) is 10.5. The molecule has 0 amide bonds. The van der Waals surface area contributed by atoms with E-state index in [0.717, 1.165) is 11.1 Å². The van der Waals surface area contributed by atoms with E-state index in [9.17, 15) is 10.1 Å². The van der Waals surface area contributed by atoms with Crippen molar-refractivity contribution >= 4 is 28.0 Å². The number of fused-ring (bicyclic) bond motifs is 1. The highest BCUT2D eigenvalue weighted by atomic mass is 32.1. The quantitative estimate of drug-likeness (QED) is 0.720. The van der Waals surface area contributed by atoms with Crippen LogP contribution in [-0.2, 0) is 0 Å². The Kier molecular flexibility index (Phi) is 2.69. The van der Waals surface area contributed by atoms with Crippen molar-refractivity contribution in [2.24, 2.45) is 0 Å². The average Bonchev–Trinajstić information content (AvgIpc) is 3.03. The summed E-state index contributed by atoms with van der Waals surface area (Å²) in [6.45, 7) is 1.92. The number of rotatable bonds is 2. The van der Waals surface area contributed by atoms with Crippen molar-refractivity contribution in [2.75, 3.05) is 0 Å². The molecule has 4 heteroatoms. The molecule has 0 saturated carbocycles. The van der Waals surface area contributed by atoms with Gasteiger partial charge in [-0.1, -0.05) is 6.07 Å². The molecule has 1 aromatic carbocycles. The molecule has 3 nitrogen and oxygen atoms in total. The van der Waals surface area contributed by atoms with E-state index >= 15 is 0 Å². The summed E-state index contributed by atoms with van der Waals surface area (Å²) >= 11 is 1.51. The lowest BCUT2D eigenvalue weighted by atomic mass is 10.00. The third-order valence-corrected chi connectivity index (χ3v) is 4.03. The molecule has 2 aromatic heterocycles. The summed E-state index contributed by atoms with van der Waals surface area (Å²) in [4.78, 5) is 15.6. The van der Waals surface area contributed by atoms with Crippen molar-refractivity contribution in [1.29, 1.82) is 5.26 Å². The van der Waals surface area contributed by atoms with Gasteiger partial charge in [0.25, 0.3) is 0 Å². The lowest BCUT2D eigenvalue weighted by molar-refractivity contribution is 0.104. The number of ketones is 1. The minimum absolute atomic E-state index is 0.0345. The third-order valence-electron chi connectivity index (χ3n) is 3.17. The zero-order valence-corrected chi connectivity index (χ0v) is 11.0. The standard InChI is InChI=1S/C15H10N2OS/c1-9-7-19-8-12(9)15(18)11-6-17-13-4-2-3-10(5-16)14(11)13/h2-4,6-8,17H,1H3. The van der Waals surface area contributed by atoms with Gasteiger partial charge < -0.3 is 4.98 Å². The number of carbonyl (C=O) groups excluding carboxylic acids is 1. The first-order chi connectivity index (χ1) is 9.22. The van der Waals surface area contributed by atoms with Crippen LogP contribution in [0.3, 0.4) is 0 Å². The highest BCUT2D eigenvalue weighted by Gasteiger charge is 2.18. The number of aryl methyl sites for hydroxylation is 1. The van der Waals surface area contributed by atoms with Gasteiger partial charge in [-0.15, -0.1) is 0 Å². The number of nitrogens with zero attached hydrogens (tertiary/aromatic N) is 1. The minimum atomic E-state index is -0.0345. The van der Waals surface area contributed by atoms with Crippen LogP contribution in [0.4, 0.5) is 0 Å². The zero-order valence-electron chi connectivity index (χ0n) is 10.2. The second kappa shape index (κ2) is 4.38. The van der Waals surface area contributed by atoms with E-state index in [-0.39, 0.29) is 5.78 Å². The number of nitriles is 1. The Hall–Kier alpha value is -2.38. The predicted octanol–water partition coefficient (Wildman–Crippen LogP) is 3.64. The number of aromatic amines is 1. The number of nitrogens with one attached hydrogen (secondary N) is 1. The van der Waals surface area contributed by atoms with Crippen LogP contribution in [0.1, 0.15) is 27.0 Å². The molecule has 0 aliphatic rings. The molecule has 1 N–H and O–H groups in total. The van der Waals surface area contributed by atoms with Crippen LogP contribution < -0.4 is 0 Å². The largest absolute Gasteiger partial charge is 0.360 e. The summed E-state index contributed by atoms with van der Waals surface area (Å²) in [5.41, 5.74) is 3.58. The molecule has 0 atom stereocenters. The molecule has 0 fully saturated rings.